The van der Waals surface area contributed by atoms with E-state index in [0.717, 1.165) is 23.5 Å². The molecule has 0 aromatic heterocycles. The van der Waals surface area contributed by atoms with Gasteiger partial charge in [-0.2, -0.15) is 0 Å². The van der Waals surface area contributed by atoms with E-state index in [4.69, 9.17) is 15.2 Å². The first-order valence-corrected chi connectivity index (χ1v) is 6.90. The Morgan fingerprint density at radius 1 is 1.35 bits per heavy atom. The van der Waals surface area contributed by atoms with Gasteiger partial charge in [-0.1, -0.05) is 19.9 Å². The summed E-state index contributed by atoms with van der Waals surface area (Å²) < 4.78 is 10.7. The first kappa shape index (κ1) is 14.7. The number of carbonyl (C=O) groups is 1. The number of rotatable bonds is 6. The summed E-state index contributed by atoms with van der Waals surface area (Å²) in [6.45, 7) is 5.57. The van der Waals surface area contributed by atoms with E-state index >= 15 is 0 Å². The molecule has 1 heterocycles. The second kappa shape index (κ2) is 6.13. The van der Waals surface area contributed by atoms with E-state index in [1.807, 2.05) is 18.2 Å². The van der Waals surface area contributed by atoms with Crippen molar-refractivity contribution in [1.82, 2.24) is 5.32 Å². The Labute approximate surface area is 119 Å². The van der Waals surface area contributed by atoms with Crippen molar-refractivity contribution >= 4 is 5.91 Å². The van der Waals surface area contributed by atoms with Crippen molar-refractivity contribution in [1.29, 1.82) is 0 Å². The van der Waals surface area contributed by atoms with Gasteiger partial charge in [-0.25, -0.2) is 0 Å². The fraction of sp³-hybridized carbons (Fsp3) is 0.533. The summed E-state index contributed by atoms with van der Waals surface area (Å²) in [5.41, 5.74) is 6.34. The van der Waals surface area contributed by atoms with Crippen LogP contribution in [0.3, 0.4) is 0 Å². The Balaban J connectivity index is 1.97. The zero-order chi connectivity index (χ0) is 14.6. The van der Waals surface area contributed by atoms with Gasteiger partial charge < -0.3 is 20.5 Å². The first-order valence-electron chi connectivity index (χ1n) is 6.90. The Bertz CT molecular complexity index is 486. The molecule has 20 heavy (non-hydrogen) atoms. The number of hydrogen-bond acceptors (Lipinski definition) is 4. The molecule has 0 unspecified atom stereocenters. The van der Waals surface area contributed by atoms with Crippen LogP contribution in [0.2, 0.25) is 0 Å². The monoisotopic (exact) mass is 278 g/mol. The third-order valence-corrected chi connectivity index (χ3v) is 3.49. The minimum Gasteiger partial charge on any atom is -0.454 e. The van der Waals surface area contributed by atoms with E-state index in [1.54, 1.807) is 0 Å². The zero-order valence-electron chi connectivity index (χ0n) is 12.1. The lowest BCUT2D eigenvalue weighted by molar-refractivity contribution is -0.121. The lowest BCUT2D eigenvalue weighted by Gasteiger charge is -2.26. The number of nitrogens with two attached hydrogens (primary N) is 1. The van der Waals surface area contributed by atoms with Gasteiger partial charge in [0.2, 0.25) is 12.7 Å². The molecule has 0 radical (unpaired) electrons. The van der Waals surface area contributed by atoms with Gasteiger partial charge in [0, 0.05) is 18.4 Å². The summed E-state index contributed by atoms with van der Waals surface area (Å²) in [5.74, 6) is 1.59. The molecule has 0 atom stereocenters. The van der Waals surface area contributed by atoms with Crippen molar-refractivity contribution < 1.29 is 14.3 Å². The topological polar surface area (TPSA) is 73.6 Å². The van der Waals surface area contributed by atoms with Crippen molar-refractivity contribution in [3.8, 4) is 11.5 Å². The van der Waals surface area contributed by atoms with Crippen molar-refractivity contribution in [2.75, 3.05) is 19.9 Å². The lowest BCUT2D eigenvalue weighted by atomic mass is 9.84. The molecule has 0 fully saturated rings. The van der Waals surface area contributed by atoms with Gasteiger partial charge in [0.15, 0.2) is 11.5 Å². The smallest absolute Gasteiger partial charge is 0.231 e. The lowest BCUT2D eigenvalue weighted by Crippen LogP contribution is -2.36. The number of hydrogen-bond donors (Lipinski definition) is 2. The van der Waals surface area contributed by atoms with Crippen molar-refractivity contribution in [3.05, 3.63) is 23.8 Å². The van der Waals surface area contributed by atoms with Gasteiger partial charge in [0.1, 0.15) is 0 Å². The van der Waals surface area contributed by atoms with E-state index in [0.29, 0.717) is 19.5 Å². The SMILES string of the molecule is CC(C)(CNC(=O)CCCN)c1ccc2c(c1)OCO2. The van der Waals surface area contributed by atoms with Gasteiger partial charge in [0.25, 0.3) is 0 Å². The summed E-state index contributed by atoms with van der Waals surface area (Å²) in [6, 6.07) is 5.91. The molecule has 1 aromatic rings. The quantitative estimate of drug-likeness (QED) is 0.828. The van der Waals surface area contributed by atoms with Crippen LogP contribution < -0.4 is 20.5 Å². The van der Waals surface area contributed by atoms with E-state index in [1.165, 1.54) is 0 Å². The molecule has 1 aliphatic heterocycles. The minimum atomic E-state index is -0.167. The minimum absolute atomic E-state index is 0.0456. The van der Waals surface area contributed by atoms with E-state index < -0.39 is 0 Å². The third-order valence-electron chi connectivity index (χ3n) is 3.49. The van der Waals surface area contributed by atoms with E-state index in [-0.39, 0.29) is 18.1 Å². The molecule has 0 saturated heterocycles. The Morgan fingerprint density at radius 2 is 2.10 bits per heavy atom. The Kier molecular flexibility index (Phi) is 4.49. The number of ether oxygens (including phenoxy) is 2. The molecule has 110 valence electrons. The Morgan fingerprint density at radius 3 is 2.85 bits per heavy atom. The molecule has 3 N–H and O–H groups in total. The molecule has 0 bridgehead atoms. The highest BCUT2D eigenvalue weighted by Gasteiger charge is 2.24. The van der Waals surface area contributed by atoms with Crippen LogP contribution in [0.1, 0.15) is 32.3 Å². The van der Waals surface area contributed by atoms with Crippen LogP contribution in [0.15, 0.2) is 18.2 Å². The van der Waals surface area contributed by atoms with Crippen LogP contribution in [-0.2, 0) is 10.2 Å². The van der Waals surface area contributed by atoms with Crippen LogP contribution in [-0.4, -0.2) is 25.8 Å². The number of benzene rings is 1. The van der Waals surface area contributed by atoms with Crippen LogP contribution in [0.25, 0.3) is 0 Å². The van der Waals surface area contributed by atoms with E-state index in [9.17, 15) is 4.79 Å². The maximum absolute atomic E-state index is 11.7. The van der Waals surface area contributed by atoms with E-state index in [2.05, 4.69) is 19.2 Å². The predicted molar refractivity (Wildman–Crippen MR) is 76.9 cm³/mol. The van der Waals surface area contributed by atoms with Gasteiger partial charge in [-0.3, -0.25) is 4.79 Å². The molecule has 0 spiro atoms. The normalized spacial score (nSPS) is 13.3. The summed E-state index contributed by atoms with van der Waals surface area (Å²) >= 11 is 0. The first-order chi connectivity index (χ1) is 9.53. The van der Waals surface area contributed by atoms with Crippen molar-refractivity contribution in [2.45, 2.75) is 32.1 Å². The average molecular weight is 278 g/mol. The van der Waals surface area contributed by atoms with Crippen LogP contribution in [0.5, 0.6) is 11.5 Å². The molecular formula is C15H22N2O3. The fourth-order valence-electron chi connectivity index (χ4n) is 2.09. The number of carbonyl (C=O) groups excluding carboxylic acids is 1. The second-order valence-corrected chi connectivity index (χ2v) is 5.62. The highest BCUT2D eigenvalue weighted by atomic mass is 16.7. The fourth-order valence-corrected chi connectivity index (χ4v) is 2.09. The molecular weight excluding hydrogens is 256 g/mol. The summed E-state index contributed by atoms with van der Waals surface area (Å²) in [5, 5.41) is 2.96. The van der Waals surface area contributed by atoms with Gasteiger partial charge in [0.05, 0.1) is 0 Å². The van der Waals surface area contributed by atoms with Crippen LogP contribution in [0, 0.1) is 0 Å². The molecule has 2 rings (SSSR count). The standard InChI is InChI=1S/C15H22N2O3/c1-15(2,9-17-14(18)4-3-7-16)11-5-6-12-13(8-11)20-10-19-12/h5-6,8H,3-4,7,9-10,16H2,1-2H3,(H,17,18). The number of fused-ring (bicyclic) bond motifs is 1. The maximum atomic E-state index is 11.7. The summed E-state index contributed by atoms with van der Waals surface area (Å²) in [7, 11) is 0. The zero-order valence-corrected chi connectivity index (χ0v) is 12.1. The maximum Gasteiger partial charge on any atom is 0.231 e. The Hall–Kier alpha value is -1.75. The molecule has 5 nitrogen and oxygen atoms in total. The summed E-state index contributed by atoms with van der Waals surface area (Å²) in [4.78, 5) is 11.7. The third kappa shape index (κ3) is 3.42. The summed E-state index contributed by atoms with van der Waals surface area (Å²) in [6.07, 6.45) is 1.20. The molecule has 5 heteroatoms. The van der Waals surface area contributed by atoms with Gasteiger partial charge in [-0.05, 0) is 30.7 Å². The predicted octanol–water partition coefficient (Wildman–Crippen LogP) is 1.55. The van der Waals surface area contributed by atoms with Crippen LogP contribution in [0.4, 0.5) is 0 Å². The van der Waals surface area contributed by atoms with Crippen molar-refractivity contribution in [2.24, 2.45) is 5.73 Å². The second-order valence-electron chi connectivity index (χ2n) is 5.62. The molecule has 1 amide bonds. The number of nitrogens with one attached hydrogen (secondary N) is 1. The molecule has 0 saturated carbocycles. The molecule has 1 aliphatic rings. The average Bonchev–Trinajstić information content (AvgIpc) is 2.90. The molecule has 1 aromatic carbocycles. The highest BCUT2D eigenvalue weighted by molar-refractivity contribution is 5.76. The number of amides is 1. The van der Waals surface area contributed by atoms with Gasteiger partial charge in [-0.15, -0.1) is 0 Å². The molecule has 0 aliphatic carbocycles. The largest absolute Gasteiger partial charge is 0.454 e. The van der Waals surface area contributed by atoms with Crippen LogP contribution >= 0.6 is 0 Å². The van der Waals surface area contributed by atoms with Crippen molar-refractivity contribution in [3.63, 3.8) is 0 Å². The highest BCUT2D eigenvalue weighted by Crippen LogP contribution is 2.36. The van der Waals surface area contributed by atoms with Gasteiger partial charge >= 0.3 is 0 Å².